The van der Waals surface area contributed by atoms with E-state index in [1.54, 1.807) is 17.0 Å². The molecule has 0 aliphatic carbocycles. The van der Waals surface area contributed by atoms with Crippen molar-refractivity contribution in [2.75, 3.05) is 26.2 Å². The standard InChI is InChI=1S/C19H26N4O3/c1-3-4-10-17-20-18(26-21-17)15(2)22-11-13-23(14-12-22)19(24)25-16-8-6-5-7-9-16/h5-9,15H,3-4,10-14H2,1-2H3. The van der Waals surface area contributed by atoms with Crippen molar-refractivity contribution in [3.63, 3.8) is 0 Å². The number of piperazine rings is 1. The van der Waals surface area contributed by atoms with Gasteiger partial charge in [-0.25, -0.2) is 4.79 Å². The van der Waals surface area contributed by atoms with E-state index >= 15 is 0 Å². The van der Waals surface area contributed by atoms with E-state index in [0.29, 0.717) is 24.7 Å². The van der Waals surface area contributed by atoms with E-state index in [4.69, 9.17) is 9.26 Å². The highest BCUT2D eigenvalue weighted by Gasteiger charge is 2.28. The molecule has 0 bridgehead atoms. The summed E-state index contributed by atoms with van der Waals surface area (Å²) in [6.07, 6.45) is 2.73. The minimum Gasteiger partial charge on any atom is -0.410 e. The Morgan fingerprint density at radius 1 is 1.23 bits per heavy atom. The highest BCUT2D eigenvalue weighted by molar-refractivity contribution is 5.70. The second kappa shape index (κ2) is 8.80. The second-order valence-electron chi connectivity index (χ2n) is 6.53. The molecular formula is C19H26N4O3. The number of hydrogen-bond donors (Lipinski definition) is 0. The van der Waals surface area contributed by atoms with Gasteiger partial charge >= 0.3 is 6.09 Å². The van der Waals surface area contributed by atoms with Crippen LogP contribution in [0.3, 0.4) is 0 Å². The first-order chi connectivity index (χ1) is 12.7. The van der Waals surface area contributed by atoms with Gasteiger partial charge in [-0.2, -0.15) is 4.98 Å². The molecule has 1 aliphatic rings. The smallest absolute Gasteiger partial charge is 0.410 e. The number of rotatable bonds is 6. The Morgan fingerprint density at radius 2 is 1.96 bits per heavy atom. The van der Waals surface area contributed by atoms with Crippen molar-refractivity contribution in [1.29, 1.82) is 0 Å². The van der Waals surface area contributed by atoms with Crippen molar-refractivity contribution in [3.8, 4) is 5.75 Å². The normalized spacial score (nSPS) is 16.5. The number of amides is 1. The molecule has 1 unspecified atom stereocenters. The topological polar surface area (TPSA) is 71.7 Å². The van der Waals surface area contributed by atoms with Crippen LogP contribution >= 0.6 is 0 Å². The molecule has 7 nitrogen and oxygen atoms in total. The third kappa shape index (κ3) is 4.60. The van der Waals surface area contributed by atoms with Gasteiger partial charge in [0.05, 0.1) is 6.04 Å². The lowest BCUT2D eigenvalue weighted by Gasteiger charge is -2.36. The highest BCUT2D eigenvalue weighted by atomic mass is 16.6. The molecule has 0 spiro atoms. The van der Waals surface area contributed by atoms with E-state index in [2.05, 4.69) is 28.9 Å². The summed E-state index contributed by atoms with van der Waals surface area (Å²) in [5.74, 6) is 1.99. The molecule has 1 fully saturated rings. The van der Waals surface area contributed by atoms with Gasteiger partial charge in [0.1, 0.15) is 5.75 Å². The van der Waals surface area contributed by atoms with Crippen molar-refractivity contribution in [2.45, 2.75) is 39.2 Å². The molecule has 0 saturated carbocycles. The average Bonchev–Trinajstić information content (AvgIpc) is 3.15. The fourth-order valence-electron chi connectivity index (χ4n) is 2.98. The van der Waals surface area contributed by atoms with Gasteiger partial charge in [0.2, 0.25) is 5.89 Å². The summed E-state index contributed by atoms with van der Waals surface area (Å²) in [6.45, 7) is 6.94. The predicted octanol–water partition coefficient (Wildman–Crippen LogP) is 3.29. The molecule has 1 atom stereocenters. The third-order valence-corrected chi connectivity index (χ3v) is 4.66. The molecule has 1 aromatic heterocycles. The molecular weight excluding hydrogens is 332 g/mol. The number of para-hydroxylation sites is 1. The van der Waals surface area contributed by atoms with Crippen LogP contribution < -0.4 is 4.74 Å². The molecule has 2 heterocycles. The quantitative estimate of drug-likeness (QED) is 0.789. The Kier molecular flexibility index (Phi) is 6.22. The van der Waals surface area contributed by atoms with Crippen LogP contribution in [0.25, 0.3) is 0 Å². The maximum absolute atomic E-state index is 12.3. The fraction of sp³-hybridized carbons (Fsp3) is 0.526. The Hall–Kier alpha value is -2.41. The number of carbonyl (C=O) groups excluding carboxylic acids is 1. The van der Waals surface area contributed by atoms with Gasteiger partial charge < -0.3 is 14.2 Å². The van der Waals surface area contributed by atoms with E-state index in [9.17, 15) is 4.79 Å². The highest BCUT2D eigenvalue weighted by Crippen LogP contribution is 2.21. The van der Waals surface area contributed by atoms with E-state index in [1.807, 2.05) is 18.2 Å². The van der Waals surface area contributed by atoms with Crippen molar-refractivity contribution in [3.05, 3.63) is 42.0 Å². The van der Waals surface area contributed by atoms with E-state index < -0.39 is 0 Å². The number of aromatic nitrogens is 2. The predicted molar refractivity (Wildman–Crippen MR) is 96.9 cm³/mol. The Labute approximate surface area is 153 Å². The number of benzene rings is 1. The van der Waals surface area contributed by atoms with Crippen LogP contribution in [0.5, 0.6) is 5.75 Å². The first kappa shape index (κ1) is 18.4. The Morgan fingerprint density at radius 3 is 2.65 bits per heavy atom. The van der Waals surface area contributed by atoms with Crippen molar-refractivity contribution < 1.29 is 14.1 Å². The van der Waals surface area contributed by atoms with Crippen LogP contribution in [0.1, 0.15) is 44.4 Å². The molecule has 0 radical (unpaired) electrons. The number of ether oxygens (including phenoxy) is 1. The lowest BCUT2D eigenvalue weighted by atomic mass is 10.2. The van der Waals surface area contributed by atoms with E-state index in [1.165, 1.54) is 0 Å². The van der Waals surface area contributed by atoms with Crippen LogP contribution in [0.2, 0.25) is 0 Å². The summed E-state index contributed by atoms with van der Waals surface area (Å²) in [5.41, 5.74) is 0. The van der Waals surface area contributed by atoms with Crippen molar-refractivity contribution in [2.24, 2.45) is 0 Å². The molecule has 26 heavy (non-hydrogen) atoms. The van der Waals surface area contributed by atoms with Crippen LogP contribution in [0, 0.1) is 0 Å². The summed E-state index contributed by atoms with van der Waals surface area (Å²) in [4.78, 5) is 20.8. The van der Waals surface area contributed by atoms with E-state index in [-0.39, 0.29) is 12.1 Å². The molecule has 3 rings (SSSR count). The molecule has 0 N–H and O–H groups in total. The largest absolute Gasteiger partial charge is 0.415 e. The zero-order chi connectivity index (χ0) is 18.4. The molecule has 1 aliphatic heterocycles. The Balaban J connectivity index is 1.49. The van der Waals surface area contributed by atoms with Gasteiger partial charge in [-0.15, -0.1) is 0 Å². The second-order valence-corrected chi connectivity index (χ2v) is 6.53. The average molecular weight is 358 g/mol. The maximum atomic E-state index is 12.3. The third-order valence-electron chi connectivity index (χ3n) is 4.66. The van der Waals surface area contributed by atoms with Crippen LogP contribution in [-0.2, 0) is 6.42 Å². The van der Waals surface area contributed by atoms with Gasteiger partial charge in [0.15, 0.2) is 5.82 Å². The lowest BCUT2D eigenvalue weighted by molar-refractivity contribution is 0.0835. The zero-order valence-corrected chi connectivity index (χ0v) is 15.4. The SMILES string of the molecule is CCCCc1noc(C(C)N2CCN(C(=O)Oc3ccccc3)CC2)n1. The van der Waals surface area contributed by atoms with Crippen LogP contribution in [0.4, 0.5) is 4.79 Å². The minimum absolute atomic E-state index is 0.0465. The number of unbranched alkanes of at least 4 members (excludes halogenated alkanes) is 1. The molecule has 140 valence electrons. The van der Waals surface area contributed by atoms with Crippen molar-refractivity contribution >= 4 is 6.09 Å². The summed E-state index contributed by atoms with van der Waals surface area (Å²) in [5, 5.41) is 4.06. The molecule has 2 aromatic rings. The summed E-state index contributed by atoms with van der Waals surface area (Å²) >= 11 is 0. The number of aryl methyl sites for hydroxylation is 1. The number of carbonyl (C=O) groups is 1. The van der Waals surface area contributed by atoms with Crippen LogP contribution in [-0.4, -0.2) is 52.2 Å². The van der Waals surface area contributed by atoms with Gasteiger partial charge in [-0.1, -0.05) is 36.7 Å². The first-order valence-electron chi connectivity index (χ1n) is 9.25. The fourth-order valence-corrected chi connectivity index (χ4v) is 2.98. The maximum Gasteiger partial charge on any atom is 0.415 e. The van der Waals surface area contributed by atoms with Gasteiger partial charge in [-0.3, -0.25) is 4.90 Å². The lowest BCUT2D eigenvalue weighted by Crippen LogP contribution is -2.50. The van der Waals surface area contributed by atoms with Gasteiger partial charge in [-0.05, 0) is 25.5 Å². The van der Waals surface area contributed by atoms with Gasteiger partial charge in [0.25, 0.3) is 0 Å². The molecule has 1 aromatic carbocycles. The number of hydrogen-bond acceptors (Lipinski definition) is 6. The van der Waals surface area contributed by atoms with E-state index in [0.717, 1.165) is 38.2 Å². The summed E-state index contributed by atoms with van der Waals surface area (Å²) in [7, 11) is 0. The molecule has 7 heteroatoms. The minimum atomic E-state index is -0.303. The van der Waals surface area contributed by atoms with Gasteiger partial charge in [0, 0.05) is 32.6 Å². The monoisotopic (exact) mass is 358 g/mol. The Bertz CT molecular complexity index is 696. The van der Waals surface area contributed by atoms with Crippen LogP contribution in [0.15, 0.2) is 34.9 Å². The first-order valence-corrected chi connectivity index (χ1v) is 9.25. The molecule has 1 saturated heterocycles. The summed E-state index contributed by atoms with van der Waals surface area (Å²) in [6, 6.07) is 9.19. The molecule has 1 amide bonds. The van der Waals surface area contributed by atoms with Crippen molar-refractivity contribution in [1.82, 2.24) is 19.9 Å². The zero-order valence-electron chi connectivity index (χ0n) is 15.4. The summed E-state index contributed by atoms with van der Waals surface area (Å²) < 4.78 is 10.8. The number of nitrogens with zero attached hydrogens (tertiary/aromatic N) is 4.